The van der Waals surface area contributed by atoms with E-state index < -0.39 is 9.84 Å². The molecule has 0 fully saturated rings. The van der Waals surface area contributed by atoms with Gasteiger partial charge in [0, 0.05) is 18.8 Å². The summed E-state index contributed by atoms with van der Waals surface area (Å²) in [6, 6.07) is 0. The molecule has 104 valence electrons. The van der Waals surface area contributed by atoms with E-state index in [1.54, 1.807) is 6.92 Å². The van der Waals surface area contributed by atoms with Crippen LogP contribution in [0.25, 0.3) is 0 Å². The van der Waals surface area contributed by atoms with Crippen molar-refractivity contribution >= 4 is 39.8 Å². The van der Waals surface area contributed by atoms with Crippen LogP contribution in [-0.2, 0) is 9.84 Å². The Labute approximate surface area is 122 Å². The van der Waals surface area contributed by atoms with E-state index in [-0.39, 0.29) is 35.5 Å². The van der Waals surface area contributed by atoms with Crippen molar-refractivity contribution in [2.24, 2.45) is 16.6 Å². The largest absolute Gasteiger partial charge is 0.370 e. The average molecular weight is 377 g/mol. The number of halogens is 1. The first kappa shape index (κ1) is 19.3. The number of hydrogen-bond acceptors (Lipinski definition) is 3. The lowest BCUT2D eigenvalue weighted by Gasteiger charge is -2.06. The minimum Gasteiger partial charge on any atom is -0.370 e. The van der Waals surface area contributed by atoms with Gasteiger partial charge in [-0.2, -0.15) is 0 Å². The molecule has 7 heteroatoms. The lowest BCUT2D eigenvalue weighted by atomic mass is 10.1. The summed E-state index contributed by atoms with van der Waals surface area (Å²) >= 11 is 0. The Morgan fingerprint density at radius 3 is 2.47 bits per heavy atom. The predicted octanol–water partition coefficient (Wildman–Crippen LogP) is 0.990. The normalized spacial score (nSPS) is 12.4. The van der Waals surface area contributed by atoms with Gasteiger partial charge in [-0.05, 0) is 12.3 Å². The summed E-state index contributed by atoms with van der Waals surface area (Å²) in [5, 5.41) is 2.80. The molecule has 0 heterocycles. The van der Waals surface area contributed by atoms with Crippen LogP contribution in [0.2, 0.25) is 0 Å². The first-order valence-electron chi connectivity index (χ1n) is 5.61. The summed E-state index contributed by atoms with van der Waals surface area (Å²) < 4.78 is 22.3. The molecule has 0 saturated heterocycles. The van der Waals surface area contributed by atoms with Gasteiger partial charge in [-0.1, -0.05) is 20.8 Å². The van der Waals surface area contributed by atoms with Gasteiger partial charge in [-0.15, -0.1) is 24.0 Å². The van der Waals surface area contributed by atoms with E-state index in [0.29, 0.717) is 25.0 Å². The van der Waals surface area contributed by atoms with Crippen LogP contribution in [-0.4, -0.2) is 39.0 Å². The van der Waals surface area contributed by atoms with Crippen molar-refractivity contribution in [1.29, 1.82) is 0 Å². The molecule has 17 heavy (non-hydrogen) atoms. The minimum absolute atomic E-state index is 0. The monoisotopic (exact) mass is 377 g/mol. The van der Waals surface area contributed by atoms with Gasteiger partial charge in [-0.25, -0.2) is 8.42 Å². The zero-order valence-electron chi connectivity index (χ0n) is 10.8. The summed E-state index contributed by atoms with van der Waals surface area (Å²) in [6.07, 6.45) is 0.982. The summed E-state index contributed by atoms with van der Waals surface area (Å²) in [5.41, 5.74) is 5.57. The van der Waals surface area contributed by atoms with Crippen molar-refractivity contribution in [1.82, 2.24) is 5.32 Å². The molecular weight excluding hydrogens is 353 g/mol. The molecule has 0 aromatic carbocycles. The van der Waals surface area contributed by atoms with Crippen LogP contribution in [0.15, 0.2) is 4.99 Å². The molecule has 0 bridgehead atoms. The third-order valence-corrected chi connectivity index (χ3v) is 3.85. The van der Waals surface area contributed by atoms with E-state index in [9.17, 15) is 8.42 Å². The number of sulfone groups is 1. The molecule has 3 N–H and O–H groups in total. The van der Waals surface area contributed by atoms with Gasteiger partial charge in [0.05, 0.1) is 5.75 Å². The van der Waals surface area contributed by atoms with Gasteiger partial charge in [0.25, 0.3) is 0 Å². The van der Waals surface area contributed by atoms with Crippen molar-refractivity contribution in [2.45, 2.75) is 27.2 Å². The first-order chi connectivity index (χ1) is 7.37. The summed E-state index contributed by atoms with van der Waals surface area (Å²) in [5.74, 6) is 1.19. The molecule has 0 unspecified atom stereocenters. The van der Waals surface area contributed by atoms with Gasteiger partial charge in [-0.3, -0.25) is 4.99 Å². The Hall–Kier alpha value is -0.0500. The third kappa shape index (κ3) is 12.2. The molecule has 0 aliphatic carbocycles. The summed E-state index contributed by atoms with van der Waals surface area (Å²) in [7, 11) is -2.92. The smallest absolute Gasteiger partial charge is 0.188 e. The van der Waals surface area contributed by atoms with Crippen LogP contribution in [0.4, 0.5) is 0 Å². The van der Waals surface area contributed by atoms with Crippen molar-refractivity contribution < 1.29 is 8.42 Å². The second-order valence-electron chi connectivity index (χ2n) is 4.11. The Morgan fingerprint density at radius 1 is 1.41 bits per heavy atom. The van der Waals surface area contributed by atoms with Crippen LogP contribution < -0.4 is 11.1 Å². The number of aliphatic imine (C=N–C) groups is 1. The van der Waals surface area contributed by atoms with Gasteiger partial charge < -0.3 is 11.1 Å². The zero-order chi connectivity index (χ0) is 12.6. The van der Waals surface area contributed by atoms with E-state index >= 15 is 0 Å². The fraction of sp³-hybridized carbons (Fsp3) is 0.900. The van der Waals surface area contributed by atoms with Crippen molar-refractivity contribution in [3.05, 3.63) is 0 Å². The van der Waals surface area contributed by atoms with Crippen LogP contribution in [0.1, 0.15) is 27.2 Å². The van der Waals surface area contributed by atoms with Crippen LogP contribution in [0, 0.1) is 5.92 Å². The summed E-state index contributed by atoms with van der Waals surface area (Å²) in [6.45, 7) is 6.87. The molecule has 0 saturated carbocycles. The zero-order valence-corrected chi connectivity index (χ0v) is 13.9. The molecule has 0 amide bonds. The highest BCUT2D eigenvalue weighted by atomic mass is 127. The Bertz CT molecular complexity index is 316. The van der Waals surface area contributed by atoms with Crippen LogP contribution in [0.5, 0.6) is 0 Å². The number of guanidine groups is 1. The standard InChI is InChI=1S/C10H23N3O2S.HI/c1-4-16(14,15)8-7-13-10(11)12-6-5-9(2)3;/h9H,4-8H2,1-3H3,(H3,11,12,13);1H. The summed E-state index contributed by atoms with van der Waals surface area (Å²) in [4.78, 5) is 4.10. The molecule has 0 aliphatic rings. The average Bonchev–Trinajstić information content (AvgIpc) is 2.17. The highest BCUT2D eigenvalue weighted by molar-refractivity contribution is 14.0. The fourth-order valence-corrected chi connectivity index (χ4v) is 1.68. The van der Waals surface area contributed by atoms with E-state index in [1.807, 2.05) is 0 Å². The number of nitrogens with one attached hydrogen (secondary N) is 1. The molecule has 0 aromatic heterocycles. The number of rotatable bonds is 7. The third-order valence-electron chi connectivity index (χ3n) is 2.15. The second kappa shape index (κ2) is 9.93. The van der Waals surface area contributed by atoms with Gasteiger partial charge in [0.1, 0.15) is 0 Å². The molecule has 0 spiro atoms. The molecule has 5 nitrogen and oxygen atoms in total. The maximum atomic E-state index is 11.2. The molecular formula is C10H24IN3O2S. The molecule has 0 atom stereocenters. The topological polar surface area (TPSA) is 84.5 Å². The highest BCUT2D eigenvalue weighted by Gasteiger charge is 2.06. The maximum Gasteiger partial charge on any atom is 0.188 e. The number of nitrogens with two attached hydrogens (primary N) is 1. The minimum atomic E-state index is -2.92. The van der Waals surface area contributed by atoms with Gasteiger partial charge >= 0.3 is 0 Å². The van der Waals surface area contributed by atoms with E-state index in [1.165, 1.54) is 0 Å². The van der Waals surface area contributed by atoms with Gasteiger partial charge in [0.2, 0.25) is 0 Å². The Kier molecular flexibility index (Phi) is 11.3. The van der Waals surface area contributed by atoms with Gasteiger partial charge in [0.15, 0.2) is 15.8 Å². The lowest BCUT2D eigenvalue weighted by Crippen LogP contribution is -2.35. The van der Waals surface area contributed by atoms with Crippen molar-refractivity contribution in [3.63, 3.8) is 0 Å². The fourth-order valence-electron chi connectivity index (χ4n) is 0.978. The molecule has 0 aliphatic heterocycles. The number of hydrogen-bond donors (Lipinski definition) is 2. The quantitative estimate of drug-likeness (QED) is 0.394. The first-order valence-corrected chi connectivity index (χ1v) is 7.43. The maximum absolute atomic E-state index is 11.2. The SMILES string of the molecule is CCS(=O)(=O)CCNC(N)=NCCC(C)C.I. The van der Waals surface area contributed by atoms with E-state index in [2.05, 4.69) is 24.2 Å². The van der Waals surface area contributed by atoms with Crippen LogP contribution >= 0.6 is 24.0 Å². The second-order valence-corrected chi connectivity index (χ2v) is 6.59. The van der Waals surface area contributed by atoms with Crippen molar-refractivity contribution in [3.8, 4) is 0 Å². The van der Waals surface area contributed by atoms with Crippen LogP contribution in [0.3, 0.4) is 0 Å². The Balaban J connectivity index is 0. The molecule has 0 aromatic rings. The molecule has 0 radical (unpaired) electrons. The Morgan fingerprint density at radius 2 is 2.00 bits per heavy atom. The lowest BCUT2D eigenvalue weighted by molar-refractivity contribution is 0.594. The highest BCUT2D eigenvalue weighted by Crippen LogP contribution is 1.97. The molecule has 0 rings (SSSR count). The van der Waals surface area contributed by atoms with E-state index in [4.69, 9.17) is 5.73 Å². The van der Waals surface area contributed by atoms with E-state index in [0.717, 1.165) is 6.42 Å². The predicted molar refractivity (Wildman–Crippen MR) is 83.7 cm³/mol. The number of nitrogens with zero attached hydrogens (tertiary/aromatic N) is 1. The van der Waals surface area contributed by atoms with Crippen molar-refractivity contribution in [2.75, 3.05) is 24.6 Å².